The molecule has 0 bridgehead atoms. The molecule has 0 spiro atoms. The van der Waals surface area contributed by atoms with Gasteiger partial charge in [0.05, 0.1) is 34.0 Å². The molecule has 5 heteroatoms. The van der Waals surface area contributed by atoms with Crippen molar-refractivity contribution in [2.45, 2.75) is 0 Å². The van der Waals surface area contributed by atoms with E-state index in [2.05, 4.69) is 16.6 Å². The number of hydrogen-bond acceptors (Lipinski definition) is 5. The third-order valence-electron chi connectivity index (χ3n) is 2.19. The molecule has 0 aliphatic carbocycles. The van der Waals surface area contributed by atoms with Crippen molar-refractivity contribution in [1.82, 2.24) is 0 Å². The zero-order valence-corrected chi connectivity index (χ0v) is 10.7. The molecular formula is C13H14O5. The highest BCUT2D eigenvalue weighted by Crippen LogP contribution is 2.39. The summed E-state index contributed by atoms with van der Waals surface area (Å²) in [7, 11) is 5.78. The van der Waals surface area contributed by atoms with Crippen LogP contribution in [-0.2, 0) is 9.53 Å². The van der Waals surface area contributed by atoms with Gasteiger partial charge in [0.15, 0.2) is 11.5 Å². The lowest BCUT2D eigenvalue weighted by Gasteiger charge is -2.12. The average Bonchev–Trinajstić information content (AvgIpc) is 2.43. The van der Waals surface area contributed by atoms with Gasteiger partial charge in [-0.2, -0.15) is 0 Å². The van der Waals surface area contributed by atoms with Crippen molar-refractivity contribution in [1.29, 1.82) is 0 Å². The highest BCUT2D eigenvalue weighted by molar-refractivity contribution is 5.89. The van der Waals surface area contributed by atoms with Crippen LogP contribution < -0.4 is 14.2 Å². The lowest BCUT2D eigenvalue weighted by atomic mass is 10.1. The number of esters is 1. The molecule has 0 aromatic heterocycles. The lowest BCUT2D eigenvalue weighted by molar-refractivity contribution is -0.133. The van der Waals surface area contributed by atoms with Gasteiger partial charge in [-0.1, -0.05) is 5.92 Å². The van der Waals surface area contributed by atoms with Crippen molar-refractivity contribution in [3.05, 3.63) is 17.7 Å². The molecule has 0 aliphatic heterocycles. The summed E-state index contributed by atoms with van der Waals surface area (Å²) < 4.78 is 20.0. The second-order valence-corrected chi connectivity index (χ2v) is 3.12. The van der Waals surface area contributed by atoms with E-state index in [-0.39, 0.29) is 0 Å². The first kappa shape index (κ1) is 13.7. The molecular weight excluding hydrogens is 236 g/mol. The molecule has 5 nitrogen and oxygen atoms in total. The van der Waals surface area contributed by atoms with Crippen LogP contribution in [0.25, 0.3) is 0 Å². The Hall–Kier alpha value is -2.35. The number of benzene rings is 1. The van der Waals surface area contributed by atoms with Crippen molar-refractivity contribution in [3.63, 3.8) is 0 Å². The van der Waals surface area contributed by atoms with E-state index < -0.39 is 5.97 Å². The molecule has 0 saturated carbocycles. The first-order chi connectivity index (χ1) is 8.67. The second-order valence-electron chi connectivity index (χ2n) is 3.12. The quantitative estimate of drug-likeness (QED) is 0.596. The van der Waals surface area contributed by atoms with Crippen LogP contribution in [0.3, 0.4) is 0 Å². The molecule has 0 amide bonds. The van der Waals surface area contributed by atoms with Crippen LogP contribution in [0.1, 0.15) is 5.56 Å². The normalized spacial score (nSPS) is 8.89. The van der Waals surface area contributed by atoms with Gasteiger partial charge in [-0.05, 0) is 12.1 Å². The number of ether oxygens (including phenoxy) is 4. The van der Waals surface area contributed by atoms with Crippen molar-refractivity contribution in [2.24, 2.45) is 0 Å². The largest absolute Gasteiger partial charge is 0.493 e. The van der Waals surface area contributed by atoms with E-state index in [0.717, 1.165) is 0 Å². The maximum Gasteiger partial charge on any atom is 0.384 e. The van der Waals surface area contributed by atoms with Crippen LogP contribution in [0.5, 0.6) is 17.2 Å². The summed E-state index contributed by atoms with van der Waals surface area (Å²) in [6.07, 6.45) is 0. The number of carbonyl (C=O) groups excluding carboxylic acids is 1. The summed E-state index contributed by atoms with van der Waals surface area (Å²) in [5, 5.41) is 0. The number of hydrogen-bond donors (Lipinski definition) is 0. The van der Waals surface area contributed by atoms with Gasteiger partial charge in [0.25, 0.3) is 0 Å². The maximum absolute atomic E-state index is 11.0. The van der Waals surface area contributed by atoms with Crippen LogP contribution in [0, 0.1) is 11.8 Å². The molecule has 0 fully saturated rings. The molecule has 0 unspecified atom stereocenters. The van der Waals surface area contributed by atoms with E-state index >= 15 is 0 Å². The molecule has 0 saturated heterocycles. The summed E-state index contributed by atoms with van der Waals surface area (Å²) in [5.41, 5.74) is 0.514. The predicted octanol–water partition coefficient (Wildman–Crippen LogP) is 1.24. The minimum absolute atomic E-state index is 0.410. The summed E-state index contributed by atoms with van der Waals surface area (Å²) in [4.78, 5) is 11.0. The molecule has 1 aromatic carbocycles. The standard InChI is InChI=1S/C13H14O5/c1-15-10-7-5-9(6-8-11(14)16-2)12(17-3)13(10)18-4/h5,7H,1-4H3. The SMILES string of the molecule is COC(=O)C#Cc1ccc(OC)c(OC)c1OC. The Morgan fingerprint density at radius 2 is 1.67 bits per heavy atom. The van der Waals surface area contributed by atoms with Gasteiger partial charge in [-0.25, -0.2) is 4.79 Å². The Morgan fingerprint density at radius 3 is 2.17 bits per heavy atom. The van der Waals surface area contributed by atoms with Gasteiger partial charge in [-0.15, -0.1) is 0 Å². The van der Waals surface area contributed by atoms with E-state index in [1.807, 2.05) is 0 Å². The first-order valence-electron chi connectivity index (χ1n) is 5.06. The summed E-state index contributed by atoms with van der Waals surface area (Å²) in [6, 6.07) is 3.36. The van der Waals surface area contributed by atoms with Crippen LogP contribution in [0.2, 0.25) is 0 Å². The first-order valence-corrected chi connectivity index (χ1v) is 5.06. The van der Waals surface area contributed by atoms with E-state index in [1.54, 1.807) is 12.1 Å². The highest BCUT2D eigenvalue weighted by Gasteiger charge is 2.14. The van der Waals surface area contributed by atoms with Crippen LogP contribution in [0.4, 0.5) is 0 Å². The topological polar surface area (TPSA) is 54.0 Å². The fourth-order valence-corrected chi connectivity index (χ4v) is 1.37. The molecule has 1 aromatic rings. The molecule has 96 valence electrons. The number of rotatable bonds is 3. The fraction of sp³-hybridized carbons (Fsp3) is 0.308. The molecule has 0 atom stereocenters. The number of carbonyl (C=O) groups is 1. The molecule has 0 N–H and O–H groups in total. The maximum atomic E-state index is 11.0. The van der Waals surface area contributed by atoms with Gasteiger partial charge < -0.3 is 18.9 Å². The van der Waals surface area contributed by atoms with Crippen molar-refractivity contribution >= 4 is 5.97 Å². The van der Waals surface area contributed by atoms with Crippen molar-refractivity contribution < 1.29 is 23.7 Å². The Bertz CT molecular complexity index is 496. The van der Waals surface area contributed by atoms with Crippen LogP contribution in [0.15, 0.2) is 12.1 Å². The monoisotopic (exact) mass is 250 g/mol. The Kier molecular flexibility index (Phi) is 4.88. The Morgan fingerprint density at radius 1 is 1.00 bits per heavy atom. The van der Waals surface area contributed by atoms with Gasteiger partial charge in [-0.3, -0.25) is 0 Å². The van der Waals surface area contributed by atoms with Gasteiger partial charge >= 0.3 is 5.97 Å². The molecule has 0 heterocycles. The van der Waals surface area contributed by atoms with Crippen molar-refractivity contribution in [2.75, 3.05) is 28.4 Å². The summed E-state index contributed by atoms with van der Waals surface area (Å²) >= 11 is 0. The Balaban J connectivity index is 3.28. The lowest BCUT2D eigenvalue weighted by Crippen LogP contribution is -1.98. The van der Waals surface area contributed by atoms with Crippen molar-refractivity contribution in [3.8, 4) is 29.1 Å². The predicted molar refractivity (Wildman–Crippen MR) is 65.0 cm³/mol. The minimum Gasteiger partial charge on any atom is -0.493 e. The smallest absolute Gasteiger partial charge is 0.384 e. The van der Waals surface area contributed by atoms with E-state index in [1.165, 1.54) is 28.4 Å². The molecule has 0 aliphatic rings. The van der Waals surface area contributed by atoms with E-state index in [4.69, 9.17) is 14.2 Å². The zero-order chi connectivity index (χ0) is 13.5. The number of methoxy groups -OCH3 is 4. The molecule has 1 rings (SSSR count). The summed E-state index contributed by atoms with van der Waals surface area (Å²) in [6.45, 7) is 0. The van der Waals surface area contributed by atoms with Gasteiger partial charge in [0.2, 0.25) is 5.75 Å². The van der Waals surface area contributed by atoms with E-state index in [9.17, 15) is 4.79 Å². The van der Waals surface area contributed by atoms with Crippen LogP contribution in [-0.4, -0.2) is 34.4 Å². The molecule has 18 heavy (non-hydrogen) atoms. The summed E-state index contributed by atoms with van der Waals surface area (Å²) in [5.74, 6) is 5.73. The third-order valence-corrected chi connectivity index (χ3v) is 2.19. The third kappa shape index (κ3) is 2.86. The van der Waals surface area contributed by atoms with Gasteiger partial charge in [0.1, 0.15) is 0 Å². The second kappa shape index (κ2) is 6.40. The van der Waals surface area contributed by atoms with E-state index in [0.29, 0.717) is 22.8 Å². The average molecular weight is 250 g/mol. The highest BCUT2D eigenvalue weighted by atomic mass is 16.5. The zero-order valence-electron chi connectivity index (χ0n) is 10.7. The van der Waals surface area contributed by atoms with Crippen LogP contribution >= 0.6 is 0 Å². The minimum atomic E-state index is -0.619. The fourth-order valence-electron chi connectivity index (χ4n) is 1.37. The Labute approximate surface area is 106 Å². The van der Waals surface area contributed by atoms with Gasteiger partial charge in [0, 0.05) is 5.92 Å². The molecule has 0 radical (unpaired) electrons.